The van der Waals surface area contributed by atoms with E-state index in [-0.39, 0.29) is 11.5 Å². The highest BCUT2D eigenvalue weighted by Gasteiger charge is 2.21. The molecule has 1 aromatic carbocycles. The van der Waals surface area contributed by atoms with Crippen molar-refractivity contribution >= 4 is 0 Å². The molecule has 1 atom stereocenters. The molecule has 86 valence electrons. The van der Waals surface area contributed by atoms with Crippen LogP contribution in [-0.4, -0.2) is 0 Å². The Labute approximate surface area is 98.2 Å². The molecule has 16 heavy (non-hydrogen) atoms. The van der Waals surface area contributed by atoms with Crippen LogP contribution in [0.2, 0.25) is 0 Å². The summed E-state index contributed by atoms with van der Waals surface area (Å²) in [5, 5.41) is 0. The maximum absolute atomic E-state index is 5.56. The monoisotopic (exact) mass is 216 g/mol. The molecule has 0 aliphatic rings. The van der Waals surface area contributed by atoms with E-state index in [2.05, 4.69) is 44.3 Å². The molecular weight excluding hydrogens is 196 g/mol. The molecule has 2 nitrogen and oxygen atoms in total. The fraction of sp³-hybridized carbons (Fsp3) is 0.429. The second-order valence-electron chi connectivity index (χ2n) is 4.96. The minimum Gasteiger partial charge on any atom is -0.271 e. The first kappa shape index (κ1) is 12.8. The molecule has 1 rings (SSSR count). The average Bonchev–Trinajstić information content (AvgIpc) is 2.25. The van der Waals surface area contributed by atoms with Crippen molar-refractivity contribution in [3.05, 3.63) is 35.4 Å². The van der Waals surface area contributed by atoms with Gasteiger partial charge in [0.15, 0.2) is 0 Å². The Kier molecular flexibility index (Phi) is 4.12. The summed E-state index contributed by atoms with van der Waals surface area (Å²) in [4.78, 5) is 0. The Hall–Kier alpha value is -1.30. The standard InChI is InChI=1S/C14H20N2/c1-5-8-13(16-15)11-9-6-7-10-12(11)14(2,3)4/h1,6-7,9-10,13,16H,8,15H2,2-4H3. The van der Waals surface area contributed by atoms with Gasteiger partial charge < -0.3 is 0 Å². The highest BCUT2D eigenvalue weighted by Crippen LogP contribution is 2.30. The smallest absolute Gasteiger partial charge is 0.0571 e. The van der Waals surface area contributed by atoms with Gasteiger partial charge in [0.25, 0.3) is 0 Å². The highest BCUT2D eigenvalue weighted by atomic mass is 15.2. The van der Waals surface area contributed by atoms with Gasteiger partial charge in [-0.15, -0.1) is 12.3 Å². The van der Waals surface area contributed by atoms with Crippen LogP contribution in [0.1, 0.15) is 44.4 Å². The van der Waals surface area contributed by atoms with Gasteiger partial charge in [0.05, 0.1) is 6.04 Å². The summed E-state index contributed by atoms with van der Waals surface area (Å²) in [5.74, 6) is 8.21. The van der Waals surface area contributed by atoms with Gasteiger partial charge >= 0.3 is 0 Å². The molecule has 2 heteroatoms. The molecule has 0 radical (unpaired) electrons. The third-order valence-corrected chi connectivity index (χ3v) is 2.67. The Morgan fingerprint density at radius 3 is 2.50 bits per heavy atom. The minimum atomic E-state index is 0.0282. The summed E-state index contributed by atoms with van der Waals surface area (Å²) in [5.41, 5.74) is 5.36. The zero-order valence-corrected chi connectivity index (χ0v) is 10.2. The Bertz CT molecular complexity index is 382. The normalized spacial score (nSPS) is 13.2. The van der Waals surface area contributed by atoms with Crippen LogP contribution in [-0.2, 0) is 5.41 Å². The summed E-state index contributed by atoms with van der Waals surface area (Å²) < 4.78 is 0. The van der Waals surface area contributed by atoms with Crippen molar-refractivity contribution in [2.24, 2.45) is 5.84 Å². The predicted molar refractivity (Wildman–Crippen MR) is 68.7 cm³/mol. The van der Waals surface area contributed by atoms with Gasteiger partial charge in [0, 0.05) is 6.42 Å². The molecule has 0 fully saturated rings. The van der Waals surface area contributed by atoms with Crippen molar-refractivity contribution in [3.63, 3.8) is 0 Å². The van der Waals surface area contributed by atoms with Gasteiger partial charge in [-0.2, -0.15) is 0 Å². The lowest BCUT2D eigenvalue weighted by Crippen LogP contribution is -2.30. The summed E-state index contributed by atoms with van der Waals surface area (Å²) in [7, 11) is 0. The largest absolute Gasteiger partial charge is 0.271 e. The fourth-order valence-corrected chi connectivity index (χ4v) is 1.86. The first-order chi connectivity index (χ1) is 7.50. The molecule has 0 spiro atoms. The summed E-state index contributed by atoms with van der Waals surface area (Å²) in [6.45, 7) is 6.57. The first-order valence-corrected chi connectivity index (χ1v) is 5.49. The molecule has 0 aliphatic carbocycles. The van der Waals surface area contributed by atoms with Crippen LogP contribution in [0, 0.1) is 12.3 Å². The molecule has 0 saturated carbocycles. The van der Waals surface area contributed by atoms with E-state index >= 15 is 0 Å². The third-order valence-electron chi connectivity index (χ3n) is 2.67. The minimum absolute atomic E-state index is 0.0282. The molecule has 0 bridgehead atoms. The van der Waals surface area contributed by atoms with Crippen LogP contribution in [0.3, 0.4) is 0 Å². The Balaban J connectivity index is 3.17. The van der Waals surface area contributed by atoms with Gasteiger partial charge in [-0.1, -0.05) is 45.0 Å². The Morgan fingerprint density at radius 1 is 1.38 bits per heavy atom. The van der Waals surface area contributed by atoms with Crippen LogP contribution < -0.4 is 11.3 Å². The van der Waals surface area contributed by atoms with Crippen LogP contribution in [0.5, 0.6) is 0 Å². The molecule has 3 N–H and O–H groups in total. The van der Waals surface area contributed by atoms with Gasteiger partial charge in [0.2, 0.25) is 0 Å². The quantitative estimate of drug-likeness (QED) is 0.463. The number of hydrazine groups is 1. The summed E-state index contributed by atoms with van der Waals surface area (Å²) >= 11 is 0. The number of terminal acetylenes is 1. The van der Waals surface area contributed by atoms with E-state index in [1.165, 1.54) is 11.1 Å². The maximum Gasteiger partial charge on any atom is 0.0571 e. The lowest BCUT2D eigenvalue weighted by atomic mass is 9.81. The van der Waals surface area contributed by atoms with Crippen LogP contribution >= 0.6 is 0 Å². The van der Waals surface area contributed by atoms with Gasteiger partial charge in [-0.05, 0) is 16.5 Å². The van der Waals surface area contributed by atoms with E-state index in [1.807, 2.05) is 12.1 Å². The number of hydrogen-bond donors (Lipinski definition) is 2. The Morgan fingerprint density at radius 2 is 2.00 bits per heavy atom. The van der Waals surface area contributed by atoms with Crippen molar-refractivity contribution in [2.75, 3.05) is 0 Å². The van der Waals surface area contributed by atoms with Crippen molar-refractivity contribution in [1.82, 2.24) is 5.43 Å². The molecule has 0 heterocycles. The maximum atomic E-state index is 5.56. The summed E-state index contributed by atoms with van der Waals surface area (Å²) in [6.07, 6.45) is 5.96. The lowest BCUT2D eigenvalue weighted by molar-refractivity contribution is 0.528. The van der Waals surface area contributed by atoms with E-state index < -0.39 is 0 Å². The molecule has 1 aromatic rings. The number of rotatable bonds is 3. The predicted octanol–water partition coefficient (Wildman–Crippen LogP) is 2.51. The number of nitrogens with one attached hydrogen (secondary N) is 1. The molecular formula is C14H20N2. The highest BCUT2D eigenvalue weighted by molar-refractivity contribution is 5.35. The van der Waals surface area contributed by atoms with Crippen molar-refractivity contribution in [3.8, 4) is 12.3 Å². The van der Waals surface area contributed by atoms with Crippen molar-refractivity contribution in [1.29, 1.82) is 0 Å². The lowest BCUT2D eigenvalue weighted by Gasteiger charge is -2.26. The van der Waals surface area contributed by atoms with Crippen molar-refractivity contribution in [2.45, 2.75) is 38.6 Å². The van der Waals surface area contributed by atoms with Crippen molar-refractivity contribution < 1.29 is 0 Å². The van der Waals surface area contributed by atoms with E-state index in [0.29, 0.717) is 6.42 Å². The van der Waals surface area contributed by atoms with Gasteiger partial charge in [-0.25, -0.2) is 0 Å². The number of benzene rings is 1. The molecule has 0 saturated heterocycles. The first-order valence-electron chi connectivity index (χ1n) is 5.49. The topological polar surface area (TPSA) is 38.0 Å². The fourth-order valence-electron chi connectivity index (χ4n) is 1.86. The molecule has 1 unspecified atom stereocenters. The zero-order chi connectivity index (χ0) is 12.2. The summed E-state index contributed by atoms with van der Waals surface area (Å²) in [6, 6.07) is 8.32. The molecule has 0 amide bonds. The second kappa shape index (κ2) is 5.16. The van der Waals surface area contributed by atoms with E-state index in [0.717, 1.165) is 0 Å². The molecule has 0 aliphatic heterocycles. The number of hydrogen-bond acceptors (Lipinski definition) is 2. The van der Waals surface area contributed by atoms with Gasteiger partial charge in [0.1, 0.15) is 0 Å². The van der Waals surface area contributed by atoms with Crippen LogP contribution in [0.25, 0.3) is 0 Å². The molecule has 0 aromatic heterocycles. The van der Waals surface area contributed by atoms with E-state index in [4.69, 9.17) is 12.3 Å². The zero-order valence-electron chi connectivity index (χ0n) is 10.2. The van der Waals surface area contributed by atoms with Crippen LogP contribution in [0.4, 0.5) is 0 Å². The van der Waals surface area contributed by atoms with E-state index in [9.17, 15) is 0 Å². The average molecular weight is 216 g/mol. The third kappa shape index (κ3) is 2.85. The van der Waals surface area contributed by atoms with Gasteiger partial charge in [-0.3, -0.25) is 11.3 Å². The van der Waals surface area contributed by atoms with E-state index in [1.54, 1.807) is 0 Å². The van der Waals surface area contributed by atoms with Crippen LogP contribution in [0.15, 0.2) is 24.3 Å². The number of nitrogens with two attached hydrogens (primary N) is 1. The SMILES string of the molecule is C#CCC(NN)c1ccccc1C(C)(C)C. The second-order valence-corrected chi connectivity index (χ2v) is 4.96.